The minimum absolute atomic E-state index is 0.0318. The van der Waals surface area contributed by atoms with Crippen LogP contribution in [-0.2, 0) is 11.2 Å². The number of ketones is 1. The highest BCUT2D eigenvalue weighted by Gasteiger charge is 2.28. The first kappa shape index (κ1) is 13.4. The van der Waals surface area contributed by atoms with Gasteiger partial charge in [-0.1, -0.05) is 30.3 Å². The molecule has 0 aromatic heterocycles. The maximum absolute atomic E-state index is 12.2. The average Bonchev–Trinajstić information content (AvgIpc) is 2.91. The number of hydrogen-bond acceptors (Lipinski definition) is 3. The highest BCUT2D eigenvalue weighted by Crippen LogP contribution is 2.28. The van der Waals surface area contributed by atoms with E-state index in [0.717, 1.165) is 11.3 Å². The van der Waals surface area contributed by atoms with E-state index < -0.39 is 6.10 Å². The first-order valence-corrected chi connectivity index (χ1v) is 6.80. The van der Waals surface area contributed by atoms with E-state index in [-0.39, 0.29) is 11.7 Å². The molecular formula is C17H15NO3. The molecule has 4 nitrogen and oxygen atoms in total. The van der Waals surface area contributed by atoms with Crippen molar-refractivity contribution >= 4 is 17.4 Å². The predicted molar refractivity (Wildman–Crippen MR) is 79.6 cm³/mol. The Kier molecular flexibility index (Phi) is 3.44. The van der Waals surface area contributed by atoms with Crippen molar-refractivity contribution in [3.8, 4) is 5.75 Å². The molecule has 1 amide bonds. The molecule has 1 N–H and O–H groups in total. The highest BCUT2D eigenvalue weighted by molar-refractivity contribution is 5.98. The molecule has 0 bridgehead atoms. The molecule has 2 aromatic carbocycles. The summed E-state index contributed by atoms with van der Waals surface area (Å²) in [6.07, 6.45) is 0.0393. The highest BCUT2D eigenvalue weighted by atomic mass is 16.5. The number of para-hydroxylation sites is 1. The van der Waals surface area contributed by atoms with E-state index in [9.17, 15) is 9.59 Å². The Hall–Kier alpha value is -2.62. The molecule has 3 rings (SSSR count). The van der Waals surface area contributed by atoms with Crippen LogP contribution in [0.4, 0.5) is 5.69 Å². The van der Waals surface area contributed by atoms with E-state index in [2.05, 4.69) is 5.32 Å². The van der Waals surface area contributed by atoms with E-state index >= 15 is 0 Å². The second kappa shape index (κ2) is 5.40. The van der Waals surface area contributed by atoms with Crippen molar-refractivity contribution in [3.05, 3.63) is 59.7 Å². The van der Waals surface area contributed by atoms with Gasteiger partial charge < -0.3 is 10.1 Å². The van der Waals surface area contributed by atoms with Gasteiger partial charge in [0.15, 0.2) is 11.9 Å². The smallest absolute Gasteiger partial charge is 0.265 e. The monoisotopic (exact) mass is 281 g/mol. The predicted octanol–water partition coefficient (Wildman–Crippen LogP) is 2.83. The first-order chi connectivity index (χ1) is 10.1. The molecule has 4 heteroatoms. The molecule has 1 heterocycles. The van der Waals surface area contributed by atoms with Gasteiger partial charge in [0.25, 0.3) is 5.91 Å². The molecular weight excluding hydrogens is 266 g/mol. The standard InChI is InChI=1S/C17H15NO3/c1-11(19)12-6-4-7-14(9-12)18-17(20)16-10-13-5-2-3-8-15(13)21-16/h2-9,16H,10H2,1H3,(H,18,20)/t16-/m1/s1. The third-order valence-corrected chi connectivity index (χ3v) is 3.48. The van der Waals surface area contributed by atoms with Crippen LogP contribution in [0.1, 0.15) is 22.8 Å². The van der Waals surface area contributed by atoms with Gasteiger partial charge >= 0.3 is 0 Å². The zero-order chi connectivity index (χ0) is 14.8. The Morgan fingerprint density at radius 1 is 1.14 bits per heavy atom. The number of nitrogens with one attached hydrogen (secondary N) is 1. The van der Waals surface area contributed by atoms with Crippen molar-refractivity contribution in [1.82, 2.24) is 0 Å². The fourth-order valence-corrected chi connectivity index (χ4v) is 2.37. The van der Waals surface area contributed by atoms with Gasteiger partial charge in [0.05, 0.1) is 0 Å². The van der Waals surface area contributed by atoms with Gasteiger partial charge in [0.2, 0.25) is 0 Å². The molecule has 1 atom stereocenters. The number of rotatable bonds is 3. The van der Waals surface area contributed by atoms with Crippen LogP contribution >= 0.6 is 0 Å². The lowest BCUT2D eigenvalue weighted by molar-refractivity contribution is -0.122. The van der Waals surface area contributed by atoms with Crippen LogP contribution in [0, 0.1) is 0 Å². The van der Waals surface area contributed by atoms with E-state index in [0.29, 0.717) is 17.7 Å². The number of amides is 1. The van der Waals surface area contributed by atoms with Crippen LogP contribution in [0.15, 0.2) is 48.5 Å². The van der Waals surface area contributed by atoms with Crippen molar-refractivity contribution in [2.75, 3.05) is 5.32 Å². The van der Waals surface area contributed by atoms with Gasteiger partial charge in [0, 0.05) is 17.7 Å². The van der Waals surface area contributed by atoms with Gasteiger partial charge in [0.1, 0.15) is 5.75 Å². The van der Waals surface area contributed by atoms with Crippen molar-refractivity contribution < 1.29 is 14.3 Å². The minimum Gasteiger partial charge on any atom is -0.480 e. The first-order valence-electron chi connectivity index (χ1n) is 6.80. The van der Waals surface area contributed by atoms with Crippen LogP contribution < -0.4 is 10.1 Å². The Morgan fingerprint density at radius 3 is 2.71 bits per heavy atom. The van der Waals surface area contributed by atoms with Crippen molar-refractivity contribution in [1.29, 1.82) is 0 Å². The van der Waals surface area contributed by atoms with Gasteiger partial charge in [-0.25, -0.2) is 0 Å². The van der Waals surface area contributed by atoms with Gasteiger partial charge in [-0.3, -0.25) is 9.59 Å². The Labute approximate surface area is 122 Å². The van der Waals surface area contributed by atoms with Crippen LogP contribution in [0.3, 0.4) is 0 Å². The molecule has 106 valence electrons. The average molecular weight is 281 g/mol. The quantitative estimate of drug-likeness (QED) is 0.880. The number of benzene rings is 2. The Bertz CT molecular complexity index is 684. The maximum Gasteiger partial charge on any atom is 0.265 e. The van der Waals surface area contributed by atoms with Gasteiger partial charge in [-0.2, -0.15) is 0 Å². The second-order valence-corrected chi connectivity index (χ2v) is 5.04. The number of carbonyl (C=O) groups excluding carboxylic acids is 2. The molecule has 0 aliphatic carbocycles. The Morgan fingerprint density at radius 2 is 1.95 bits per heavy atom. The van der Waals surface area contributed by atoms with E-state index in [1.807, 2.05) is 24.3 Å². The molecule has 1 aliphatic rings. The lowest BCUT2D eigenvalue weighted by atomic mass is 10.1. The molecule has 21 heavy (non-hydrogen) atoms. The molecule has 0 saturated carbocycles. The summed E-state index contributed by atoms with van der Waals surface area (Å²) in [4.78, 5) is 23.6. The van der Waals surface area contributed by atoms with Gasteiger partial charge in [-0.05, 0) is 30.7 Å². The maximum atomic E-state index is 12.2. The number of Topliss-reactive ketones (excluding diaryl/α,β-unsaturated/α-hetero) is 1. The minimum atomic E-state index is -0.525. The topological polar surface area (TPSA) is 55.4 Å². The summed E-state index contributed by atoms with van der Waals surface area (Å²) in [7, 11) is 0. The summed E-state index contributed by atoms with van der Waals surface area (Å²) < 4.78 is 5.64. The van der Waals surface area contributed by atoms with Crippen LogP contribution in [0.25, 0.3) is 0 Å². The Balaban J connectivity index is 1.71. The lowest BCUT2D eigenvalue weighted by Crippen LogP contribution is -2.31. The third-order valence-electron chi connectivity index (χ3n) is 3.48. The third kappa shape index (κ3) is 2.79. The number of ether oxygens (including phenoxy) is 1. The second-order valence-electron chi connectivity index (χ2n) is 5.04. The van der Waals surface area contributed by atoms with E-state index in [1.54, 1.807) is 24.3 Å². The van der Waals surface area contributed by atoms with Crippen LogP contribution in [0.2, 0.25) is 0 Å². The molecule has 0 saturated heterocycles. The zero-order valence-corrected chi connectivity index (χ0v) is 11.6. The fraction of sp³-hybridized carbons (Fsp3) is 0.176. The fourth-order valence-electron chi connectivity index (χ4n) is 2.37. The number of hydrogen-bond donors (Lipinski definition) is 1. The van der Waals surface area contributed by atoms with Crippen molar-refractivity contribution in [3.63, 3.8) is 0 Å². The summed E-state index contributed by atoms with van der Waals surface area (Å²) in [5, 5.41) is 2.80. The van der Waals surface area contributed by atoms with E-state index in [4.69, 9.17) is 4.74 Å². The molecule has 0 fully saturated rings. The summed E-state index contributed by atoms with van der Waals surface area (Å²) in [6, 6.07) is 14.5. The molecule has 0 spiro atoms. The number of anilines is 1. The van der Waals surface area contributed by atoms with Crippen LogP contribution in [0.5, 0.6) is 5.75 Å². The summed E-state index contributed by atoms with van der Waals surface area (Å²) in [5.41, 5.74) is 2.21. The molecule has 1 aliphatic heterocycles. The molecule has 0 unspecified atom stereocenters. The van der Waals surface area contributed by atoms with Crippen molar-refractivity contribution in [2.45, 2.75) is 19.4 Å². The van der Waals surface area contributed by atoms with Gasteiger partial charge in [-0.15, -0.1) is 0 Å². The summed E-state index contributed by atoms with van der Waals surface area (Å²) >= 11 is 0. The number of carbonyl (C=O) groups is 2. The van der Waals surface area contributed by atoms with E-state index in [1.165, 1.54) is 6.92 Å². The largest absolute Gasteiger partial charge is 0.480 e. The van der Waals surface area contributed by atoms with Crippen LogP contribution in [-0.4, -0.2) is 17.8 Å². The normalized spacial score (nSPS) is 16.0. The molecule has 0 radical (unpaired) electrons. The zero-order valence-electron chi connectivity index (χ0n) is 11.6. The summed E-state index contributed by atoms with van der Waals surface area (Å²) in [5.74, 6) is 0.526. The lowest BCUT2D eigenvalue weighted by Gasteiger charge is -2.11. The molecule has 2 aromatic rings. The summed E-state index contributed by atoms with van der Waals surface area (Å²) in [6.45, 7) is 1.50. The SMILES string of the molecule is CC(=O)c1cccc(NC(=O)[C@H]2Cc3ccccc3O2)c1. The van der Waals surface area contributed by atoms with Crippen molar-refractivity contribution in [2.24, 2.45) is 0 Å². The number of fused-ring (bicyclic) bond motifs is 1.